The van der Waals surface area contributed by atoms with E-state index in [1.807, 2.05) is 0 Å². The fraction of sp³-hybridized carbons (Fsp3) is 0. The number of hydrogen-bond donors (Lipinski definition) is 2. The minimum Gasteiger partial charge on any atom is -0.401 e. The number of amides is 2. The van der Waals surface area contributed by atoms with Crippen LogP contribution in [0, 0.1) is 10.1 Å². The molecule has 29 heavy (non-hydrogen) atoms. The smallest absolute Gasteiger partial charge is 0.401 e. The maximum atomic E-state index is 12.7. The molecule has 146 valence electrons. The van der Waals surface area contributed by atoms with Crippen molar-refractivity contribution in [3.63, 3.8) is 0 Å². The molecule has 1 heterocycles. The third-order valence-electron chi connectivity index (χ3n) is 3.71. The van der Waals surface area contributed by atoms with E-state index in [-0.39, 0.29) is 11.5 Å². The highest BCUT2D eigenvalue weighted by atomic mass is 79.9. The van der Waals surface area contributed by atoms with Crippen LogP contribution in [-0.4, -0.2) is 16.7 Å². The summed E-state index contributed by atoms with van der Waals surface area (Å²) in [6.07, 6.45) is 1.22. The number of halogens is 1. The minimum absolute atomic E-state index is 0.0472. The van der Waals surface area contributed by atoms with Crippen LogP contribution in [0.5, 0.6) is 0 Å². The minimum atomic E-state index is -0.693. The molecule has 0 fully saturated rings. The van der Waals surface area contributed by atoms with Crippen molar-refractivity contribution in [3.05, 3.63) is 98.3 Å². The molecule has 8 nitrogen and oxygen atoms in total. The van der Waals surface area contributed by atoms with Gasteiger partial charge in [-0.05, 0) is 42.5 Å². The van der Waals surface area contributed by atoms with Gasteiger partial charge in [-0.25, -0.2) is 0 Å². The number of furan rings is 1. The Morgan fingerprint density at radius 2 is 1.69 bits per heavy atom. The number of nitrogens with one attached hydrogen (secondary N) is 2. The van der Waals surface area contributed by atoms with Crippen molar-refractivity contribution in [2.24, 2.45) is 0 Å². The third-order valence-corrected chi connectivity index (χ3v) is 4.24. The summed E-state index contributed by atoms with van der Waals surface area (Å²) in [6.45, 7) is 0. The van der Waals surface area contributed by atoms with Crippen LogP contribution < -0.4 is 10.6 Å². The Morgan fingerprint density at radius 3 is 2.31 bits per heavy atom. The Kier molecular flexibility index (Phi) is 6.20. The van der Waals surface area contributed by atoms with Crippen molar-refractivity contribution in [2.75, 3.05) is 5.32 Å². The van der Waals surface area contributed by atoms with Gasteiger partial charge in [0, 0.05) is 21.8 Å². The van der Waals surface area contributed by atoms with E-state index in [1.54, 1.807) is 54.6 Å². The van der Waals surface area contributed by atoms with Crippen molar-refractivity contribution >= 4 is 45.4 Å². The summed E-state index contributed by atoms with van der Waals surface area (Å²) in [5.41, 5.74) is 0.717. The van der Waals surface area contributed by atoms with E-state index in [0.29, 0.717) is 11.3 Å². The van der Waals surface area contributed by atoms with Crippen LogP contribution in [0.25, 0.3) is 6.08 Å². The molecule has 0 atom stereocenters. The molecule has 0 aliphatic carbocycles. The lowest BCUT2D eigenvalue weighted by Gasteiger charge is -2.11. The van der Waals surface area contributed by atoms with E-state index >= 15 is 0 Å². The zero-order valence-corrected chi connectivity index (χ0v) is 16.4. The van der Waals surface area contributed by atoms with Gasteiger partial charge in [-0.3, -0.25) is 19.7 Å². The first-order valence-corrected chi connectivity index (χ1v) is 9.11. The van der Waals surface area contributed by atoms with Crippen molar-refractivity contribution < 1.29 is 18.9 Å². The molecule has 0 aliphatic heterocycles. The first-order valence-electron chi connectivity index (χ1n) is 8.31. The highest BCUT2D eigenvalue weighted by molar-refractivity contribution is 9.10. The molecule has 0 spiro atoms. The molecular weight excluding hydrogens is 442 g/mol. The van der Waals surface area contributed by atoms with E-state index in [4.69, 9.17) is 4.42 Å². The number of nitro groups is 1. The zero-order chi connectivity index (χ0) is 20.8. The van der Waals surface area contributed by atoms with Crippen LogP contribution in [0.1, 0.15) is 16.1 Å². The Bertz CT molecular complexity index is 1080. The molecule has 2 amide bonds. The fourth-order valence-corrected chi connectivity index (χ4v) is 2.60. The predicted molar refractivity (Wildman–Crippen MR) is 110 cm³/mol. The van der Waals surface area contributed by atoms with Crippen LogP contribution in [0.3, 0.4) is 0 Å². The largest absolute Gasteiger partial charge is 0.433 e. The van der Waals surface area contributed by atoms with Gasteiger partial charge in [-0.15, -0.1) is 0 Å². The van der Waals surface area contributed by atoms with Crippen molar-refractivity contribution in [1.29, 1.82) is 0 Å². The number of carbonyl (C=O) groups is 2. The standard InChI is InChI=1S/C20H14BrN3O5/c21-14-8-6-13(7-9-14)19(25)23-17(12-16-10-11-18(29-16)24(27)28)20(26)22-15-4-2-1-3-5-15/h1-12H,(H,22,26)(H,23,25)/b17-12+. The molecule has 0 unspecified atom stereocenters. The summed E-state index contributed by atoms with van der Waals surface area (Å²) >= 11 is 3.29. The van der Waals surface area contributed by atoms with Crippen molar-refractivity contribution in [2.45, 2.75) is 0 Å². The summed E-state index contributed by atoms with van der Waals surface area (Å²) in [6, 6.07) is 17.7. The lowest BCUT2D eigenvalue weighted by Crippen LogP contribution is -2.30. The van der Waals surface area contributed by atoms with Crippen LogP contribution in [0.2, 0.25) is 0 Å². The Morgan fingerprint density at radius 1 is 1.00 bits per heavy atom. The molecule has 0 saturated carbocycles. The number of para-hydroxylation sites is 1. The van der Waals surface area contributed by atoms with E-state index in [0.717, 1.165) is 10.5 Å². The molecule has 0 bridgehead atoms. The van der Waals surface area contributed by atoms with Gasteiger partial charge in [0.2, 0.25) is 0 Å². The van der Waals surface area contributed by atoms with Gasteiger partial charge >= 0.3 is 5.88 Å². The first kappa shape index (κ1) is 20.0. The predicted octanol–water partition coefficient (Wildman–Crippen LogP) is 4.36. The summed E-state index contributed by atoms with van der Waals surface area (Å²) in [7, 11) is 0. The lowest BCUT2D eigenvalue weighted by atomic mass is 10.2. The summed E-state index contributed by atoms with van der Waals surface area (Å²) < 4.78 is 5.87. The third kappa shape index (κ3) is 5.39. The molecule has 2 aromatic carbocycles. The van der Waals surface area contributed by atoms with Gasteiger partial charge in [-0.1, -0.05) is 34.1 Å². The second kappa shape index (κ2) is 8.98. The molecule has 1 aromatic heterocycles. The summed E-state index contributed by atoms with van der Waals surface area (Å²) in [4.78, 5) is 35.4. The van der Waals surface area contributed by atoms with Crippen LogP contribution in [-0.2, 0) is 4.79 Å². The quantitative estimate of drug-likeness (QED) is 0.325. The first-order chi connectivity index (χ1) is 13.9. The molecular formula is C20H14BrN3O5. The maximum absolute atomic E-state index is 12.7. The van der Waals surface area contributed by atoms with Crippen molar-refractivity contribution in [3.8, 4) is 0 Å². The van der Waals surface area contributed by atoms with E-state index in [2.05, 4.69) is 26.6 Å². The normalized spacial score (nSPS) is 11.0. The van der Waals surface area contributed by atoms with Gasteiger partial charge in [0.15, 0.2) is 0 Å². The second-order valence-corrected chi connectivity index (χ2v) is 6.69. The summed E-state index contributed by atoms with van der Waals surface area (Å²) in [5, 5.41) is 16.0. The molecule has 3 rings (SSSR count). The highest BCUT2D eigenvalue weighted by Gasteiger charge is 2.17. The SMILES string of the molecule is O=C(Nc1ccccc1)/C(=C\c1ccc([N+](=O)[O-])o1)NC(=O)c1ccc(Br)cc1. The van der Waals surface area contributed by atoms with Crippen LogP contribution in [0.15, 0.2) is 81.3 Å². The summed E-state index contributed by atoms with van der Waals surface area (Å²) in [5.74, 6) is -1.56. The fourth-order valence-electron chi connectivity index (χ4n) is 2.33. The Labute approximate surface area is 173 Å². The van der Waals surface area contributed by atoms with Crippen LogP contribution in [0.4, 0.5) is 11.6 Å². The van der Waals surface area contributed by atoms with E-state index in [1.165, 1.54) is 12.1 Å². The molecule has 0 aliphatic rings. The average molecular weight is 456 g/mol. The number of anilines is 1. The second-order valence-electron chi connectivity index (χ2n) is 5.77. The average Bonchev–Trinajstić information content (AvgIpc) is 3.17. The van der Waals surface area contributed by atoms with Gasteiger partial charge in [0.1, 0.15) is 16.4 Å². The number of nitrogens with zero attached hydrogens (tertiary/aromatic N) is 1. The Balaban J connectivity index is 1.88. The highest BCUT2D eigenvalue weighted by Crippen LogP contribution is 2.19. The van der Waals surface area contributed by atoms with Gasteiger partial charge in [0.05, 0.1) is 6.07 Å². The van der Waals surface area contributed by atoms with Crippen LogP contribution >= 0.6 is 15.9 Å². The molecule has 3 aromatic rings. The van der Waals surface area contributed by atoms with Gasteiger partial charge < -0.3 is 15.1 Å². The zero-order valence-electron chi connectivity index (χ0n) is 14.8. The number of hydrogen-bond acceptors (Lipinski definition) is 5. The monoisotopic (exact) mass is 455 g/mol. The Hall–Kier alpha value is -3.72. The van der Waals surface area contributed by atoms with Crippen molar-refractivity contribution in [1.82, 2.24) is 5.32 Å². The molecule has 2 N–H and O–H groups in total. The molecule has 9 heteroatoms. The topological polar surface area (TPSA) is 114 Å². The lowest BCUT2D eigenvalue weighted by molar-refractivity contribution is -0.402. The van der Waals surface area contributed by atoms with Gasteiger partial charge in [-0.2, -0.15) is 0 Å². The number of carbonyl (C=O) groups excluding carboxylic acids is 2. The molecule has 0 saturated heterocycles. The molecule has 0 radical (unpaired) electrons. The number of benzene rings is 2. The van der Waals surface area contributed by atoms with E-state index < -0.39 is 22.6 Å². The van der Waals surface area contributed by atoms with E-state index in [9.17, 15) is 19.7 Å². The maximum Gasteiger partial charge on any atom is 0.433 e. The van der Waals surface area contributed by atoms with Gasteiger partial charge in [0.25, 0.3) is 11.8 Å². The number of rotatable bonds is 6.